The van der Waals surface area contributed by atoms with Gasteiger partial charge in [-0.05, 0) is 61.0 Å². The molecule has 0 fully saturated rings. The molecule has 0 aromatic heterocycles. The molecule has 0 N–H and O–H groups in total. The molecule has 0 aliphatic carbocycles. The van der Waals surface area contributed by atoms with Crippen molar-refractivity contribution in [1.29, 1.82) is 0 Å². The maximum Gasteiger partial charge on any atom is 0.256 e. The molecule has 0 saturated carbocycles. The summed E-state index contributed by atoms with van der Waals surface area (Å²) in [7, 11) is -19.9. The van der Waals surface area contributed by atoms with Crippen LogP contribution in [0.3, 0.4) is 0 Å². The maximum atomic E-state index is 14.5. The van der Waals surface area contributed by atoms with Crippen LogP contribution in [0.2, 0.25) is 0 Å². The molecule has 0 saturated heterocycles. The summed E-state index contributed by atoms with van der Waals surface area (Å²) in [5.74, 6) is 0. The molecule has 0 bridgehead atoms. The highest BCUT2D eigenvalue weighted by atomic mass is 32.3. The summed E-state index contributed by atoms with van der Waals surface area (Å²) in [6, 6.07) is 31.3. The molecule has 5 aromatic carbocycles. The Labute approximate surface area is 275 Å². The molecule has 0 spiro atoms. The van der Waals surface area contributed by atoms with Gasteiger partial charge in [-0.15, -0.1) is 0 Å². The van der Waals surface area contributed by atoms with Gasteiger partial charge in [-0.1, -0.05) is 110 Å². The fourth-order valence-corrected chi connectivity index (χ4v) is 12.6. The molecule has 1 unspecified atom stereocenters. The lowest BCUT2D eigenvalue weighted by atomic mass is 10.1. The summed E-state index contributed by atoms with van der Waals surface area (Å²) in [4.78, 5) is -1.60. The lowest BCUT2D eigenvalue weighted by Crippen LogP contribution is -2.47. The van der Waals surface area contributed by atoms with Crippen molar-refractivity contribution >= 4 is 40.1 Å². The Kier molecular flexibility index (Phi) is 9.82. The number of sulfonamides is 4. The van der Waals surface area contributed by atoms with E-state index in [0.717, 1.165) is 0 Å². The lowest BCUT2D eigenvalue weighted by molar-refractivity contribution is 0.382. The van der Waals surface area contributed by atoms with Gasteiger partial charge < -0.3 is 0 Å². The summed E-state index contributed by atoms with van der Waals surface area (Å²) in [6.07, 6.45) is 0. The number of benzene rings is 5. The third kappa shape index (κ3) is 6.93. The zero-order chi connectivity index (χ0) is 33.9. The van der Waals surface area contributed by atoms with Crippen LogP contribution in [0.4, 0.5) is 0 Å². The number of aryl methyl sites for hydroxylation is 1. The minimum atomic E-state index is -5.00. The third-order valence-electron chi connectivity index (χ3n) is 7.18. The van der Waals surface area contributed by atoms with E-state index < -0.39 is 72.3 Å². The normalized spacial score (nSPS) is 13.4. The van der Waals surface area contributed by atoms with Gasteiger partial charge in [0.25, 0.3) is 40.1 Å². The van der Waals surface area contributed by atoms with E-state index in [2.05, 4.69) is 0 Å². The van der Waals surface area contributed by atoms with Gasteiger partial charge in [-0.25, -0.2) is 33.7 Å². The molecular weight excluding hydrogens is 681 g/mol. The minimum absolute atomic E-state index is 0.0422. The van der Waals surface area contributed by atoms with Gasteiger partial charge in [0.15, 0.2) is 0 Å². The van der Waals surface area contributed by atoms with Crippen molar-refractivity contribution in [3.8, 4) is 0 Å². The van der Waals surface area contributed by atoms with Crippen LogP contribution in [-0.4, -0.2) is 47.6 Å². The molecule has 14 heteroatoms. The summed E-state index contributed by atoms with van der Waals surface area (Å²) >= 11 is 0. The van der Waals surface area contributed by atoms with Crippen LogP contribution in [0.1, 0.15) is 17.2 Å². The zero-order valence-electron chi connectivity index (χ0n) is 24.9. The van der Waals surface area contributed by atoms with Crippen molar-refractivity contribution in [2.45, 2.75) is 32.5 Å². The standard InChI is InChI=1S/C33H30N2O8S4/c1-27-15-14-16-28(25-27)33(35(46(40,41)31-21-10-4-11-22-31)47(42,43)32-23-12-5-13-24-32)26-34(44(36,37)29-17-6-2-7-18-29)45(38,39)30-19-8-3-9-20-30/h2-25,33H,26H2,1H3. The van der Waals surface area contributed by atoms with Gasteiger partial charge in [0, 0.05) is 0 Å². The first-order valence-electron chi connectivity index (χ1n) is 14.1. The Balaban J connectivity index is 1.84. The molecule has 1 atom stereocenters. The van der Waals surface area contributed by atoms with Crippen LogP contribution >= 0.6 is 0 Å². The van der Waals surface area contributed by atoms with E-state index in [9.17, 15) is 33.7 Å². The van der Waals surface area contributed by atoms with Crippen LogP contribution in [-0.2, 0) is 40.1 Å². The first-order chi connectivity index (χ1) is 22.3. The Hall–Kier alpha value is -4.18. The van der Waals surface area contributed by atoms with Gasteiger partial charge >= 0.3 is 0 Å². The Morgan fingerprint density at radius 3 is 1.13 bits per heavy atom. The lowest BCUT2D eigenvalue weighted by Gasteiger charge is -2.34. The van der Waals surface area contributed by atoms with E-state index in [1.165, 1.54) is 109 Å². The molecule has 0 amide bonds. The molecule has 0 radical (unpaired) electrons. The average Bonchev–Trinajstić information content (AvgIpc) is 3.07. The van der Waals surface area contributed by atoms with E-state index in [1.807, 2.05) is 0 Å². The molecule has 0 heterocycles. The smallest absolute Gasteiger partial charge is 0.206 e. The molecule has 0 aliphatic rings. The van der Waals surface area contributed by atoms with Crippen molar-refractivity contribution in [2.75, 3.05) is 6.54 Å². The third-order valence-corrected chi connectivity index (χ3v) is 15.8. The van der Waals surface area contributed by atoms with Crippen LogP contribution in [0.15, 0.2) is 165 Å². The predicted octanol–water partition coefficient (Wildman–Crippen LogP) is 5.20. The SMILES string of the molecule is Cc1cccc(C(CN(S(=O)(=O)c2ccccc2)S(=O)(=O)c2ccccc2)N(S(=O)(=O)c2ccccc2)S(=O)(=O)c2ccccc2)c1. The van der Waals surface area contributed by atoms with Gasteiger partial charge in [0.1, 0.15) is 0 Å². The highest BCUT2D eigenvalue weighted by Crippen LogP contribution is 2.37. The molecule has 5 aromatic rings. The number of rotatable bonds is 12. The van der Waals surface area contributed by atoms with Crippen molar-refractivity contribution < 1.29 is 33.7 Å². The monoisotopic (exact) mass is 710 g/mol. The van der Waals surface area contributed by atoms with Crippen LogP contribution < -0.4 is 0 Å². The van der Waals surface area contributed by atoms with Crippen molar-refractivity contribution in [1.82, 2.24) is 7.42 Å². The van der Waals surface area contributed by atoms with E-state index in [0.29, 0.717) is 5.56 Å². The van der Waals surface area contributed by atoms with E-state index in [-0.39, 0.29) is 13.0 Å². The quantitative estimate of drug-likeness (QED) is 0.172. The molecule has 47 heavy (non-hydrogen) atoms. The maximum absolute atomic E-state index is 14.5. The zero-order valence-corrected chi connectivity index (χ0v) is 28.2. The molecular formula is C33H30N2O8S4. The van der Waals surface area contributed by atoms with Crippen LogP contribution in [0.5, 0.6) is 0 Å². The van der Waals surface area contributed by atoms with Gasteiger partial charge in [-0.2, -0.15) is 0 Å². The summed E-state index contributed by atoms with van der Waals surface area (Å²) in [5, 5.41) is 0. The second-order valence-electron chi connectivity index (χ2n) is 10.4. The van der Waals surface area contributed by atoms with Gasteiger partial charge in [0.2, 0.25) is 0 Å². The Morgan fingerprint density at radius 1 is 0.447 bits per heavy atom. The van der Waals surface area contributed by atoms with Crippen molar-refractivity contribution in [3.63, 3.8) is 0 Å². The van der Waals surface area contributed by atoms with E-state index in [1.54, 1.807) is 43.3 Å². The van der Waals surface area contributed by atoms with Crippen molar-refractivity contribution in [3.05, 3.63) is 157 Å². The second-order valence-corrected chi connectivity index (χ2v) is 18.2. The van der Waals surface area contributed by atoms with Crippen LogP contribution in [0.25, 0.3) is 0 Å². The predicted molar refractivity (Wildman–Crippen MR) is 177 cm³/mol. The Bertz CT molecular complexity index is 2150. The first kappa shape index (κ1) is 34.2. The molecule has 10 nitrogen and oxygen atoms in total. The minimum Gasteiger partial charge on any atom is -0.206 e. The second kappa shape index (κ2) is 13.5. The highest BCUT2D eigenvalue weighted by Gasteiger charge is 2.47. The molecule has 0 aliphatic heterocycles. The number of hydrogen-bond donors (Lipinski definition) is 0. The van der Waals surface area contributed by atoms with E-state index in [4.69, 9.17) is 0 Å². The highest BCUT2D eigenvalue weighted by molar-refractivity contribution is 8.04. The average molecular weight is 711 g/mol. The van der Waals surface area contributed by atoms with Crippen LogP contribution in [0, 0.1) is 6.92 Å². The summed E-state index contributed by atoms with van der Waals surface area (Å²) in [6.45, 7) is 0.553. The van der Waals surface area contributed by atoms with Crippen molar-refractivity contribution in [2.24, 2.45) is 0 Å². The van der Waals surface area contributed by atoms with Gasteiger partial charge in [0.05, 0.1) is 32.2 Å². The topological polar surface area (TPSA) is 143 Å². The fraction of sp³-hybridized carbons (Fsp3) is 0.0909. The summed E-state index contributed by atoms with van der Waals surface area (Å²) in [5.41, 5.74) is 0.630. The fourth-order valence-electron chi connectivity index (χ4n) is 4.91. The molecule has 244 valence electrons. The van der Waals surface area contributed by atoms with Gasteiger partial charge in [-0.3, -0.25) is 0 Å². The Morgan fingerprint density at radius 2 is 0.787 bits per heavy atom. The first-order valence-corrected chi connectivity index (χ1v) is 19.9. The number of hydrogen-bond acceptors (Lipinski definition) is 8. The summed E-state index contributed by atoms with van der Waals surface area (Å²) < 4.78 is 116. The molecule has 5 rings (SSSR count). The van der Waals surface area contributed by atoms with E-state index >= 15 is 0 Å². The number of nitrogens with zero attached hydrogens (tertiary/aromatic N) is 2. The largest absolute Gasteiger partial charge is 0.256 e.